The Labute approximate surface area is 115 Å². The van der Waals surface area contributed by atoms with Gasteiger partial charge < -0.3 is 0 Å². The van der Waals surface area contributed by atoms with Crippen LogP contribution in [0.4, 0.5) is 0 Å². The molecule has 1 aromatic heterocycles. The van der Waals surface area contributed by atoms with Gasteiger partial charge in [0.15, 0.2) is 0 Å². The first-order valence-electron chi connectivity index (χ1n) is 6.60. The van der Waals surface area contributed by atoms with E-state index in [1.54, 1.807) is 0 Å². The first-order chi connectivity index (χ1) is 9.26. The number of benzene rings is 1. The molecule has 2 rings (SSSR count). The fourth-order valence-electron chi connectivity index (χ4n) is 1.95. The molecular formula is C18H19N. The van der Waals surface area contributed by atoms with Crippen molar-refractivity contribution in [3.8, 4) is 0 Å². The van der Waals surface area contributed by atoms with Gasteiger partial charge in [-0.15, -0.1) is 0 Å². The van der Waals surface area contributed by atoms with Crippen LogP contribution >= 0.6 is 0 Å². The Balaban J connectivity index is 2.56. The summed E-state index contributed by atoms with van der Waals surface area (Å²) in [5, 5.41) is 1.16. The van der Waals surface area contributed by atoms with Crippen LogP contribution in [0.25, 0.3) is 16.5 Å². The molecule has 0 atom stereocenters. The summed E-state index contributed by atoms with van der Waals surface area (Å²) in [7, 11) is 0. The van der Waals surface area contributed by atoms with Gasteiger partial charge in [0.2, 0.25) is 0 Å². The van der Waals surface area contributed by atoms with Gasteiger partial charge in [0.05, 0.1) is 5.52 Å². The molecular weight excluding hydrogens is 230 g/mol. The van der Waals surface area contributed by atoms with Gasteiger partial charge in [-0.05, 0) is 25.0 Å². The highest BCUT2D eigenvalue weighted by molar-refractivity contribution is 5.93. The number of para-hydroxylation sites is 1. The molecule has 0 unspecified atom stereocenters. The smallest absolute Gasteiger partial charge is 0.0780 e. The average Bonchev–Trinajstić information content (AvgIpc) is 2.47. The summed E-state index contributed by atoms with van der Waals surface area (Å²) < 4.78 is 0. The van der Waals surface area contributed by atoms with Crippen LogP contribution in [0.5, 0.6) is 0 Å². The minimum atomic E-state index is 1.03. The highest BCUT2D eigenvalue weighted by Crippen LogP contribution is 2.24. The molecule has 0 aliphatic rings. The molecule has 19 heavy (non-hydrogen) atoms. The van der Waals surface area contributed by atoms with Crippen LogP contribution in [0.1, 0.15) is 25.8 Å². The lowest BCUT2D eigenvalue weighted by atomic mass is 10.0. The molecule has 0 N–H and O–H groups in total. The predicted molar refractivity (Wildman–Crippen MR) is 84.0 cm³/mol. The molecule has 96 valence electrons. The first-order valence-corrected chi connectivity index (χ1v) is 6.60. The van der Waals surface area contributed by atoms with Gasteiger partial charge in [0.1, 0.15) is 0 Å². The van der Waals surface area contributed by atoms with Crippen molar-refractivity contribution >= 4 is 16.5 Å². The third-order valence-electron chi connectivity index (χ3n) is 3.27. The van der Waals surface area contributed by atoms with E-state index in [0.29, 0.717) is 0 Å². The van der Waals surface area contributed by atoms with Crippen molar-refractivity contribution in [3.05, 3.63) is 72.5 Å². The molecule has 0 spiro atoms. The van der Waals surface area contributed by atoms with E-state index < -0.39 is 0 Å². The standard InChI is InChI=1S/C18H19N/c1-4-14(3)11-12-15(5-2)17-10-6-8-16-9-7-13-19-18(16)17/h5-13H,2,4H2,1,3H3/b14-11-,15-12+. The molecule has 0 bridgehead atoms. The highest BCUT2D eigenvalue weighted by Gasteiger charge is 2.03. The van der Waals surface area contributed by atoms with E-state index in [9.17, 15) is 0 Å². The number of rotatable bonds is 4. The lowest BCUT2D eigenvalue weighted by molar-refractivity contribution is 1.10. The molecule has 0 saturated heterocycles. The maximum atomic E-state index is 4.49. The number of nitrogens with zero attached hydrogens (tertiary/aromatic N) is 1. The van der Waals surface area contributed by atoms with Crippen molar-refractivity contribution < 1.29 is 0 Å². The maximum absolute atomic E-state index is 4.49. The van der Waals surface area contributed by atoms with E-state index in [2.05, 4.69) is 61.8 Å². The molecule has 0 amide bonds. The summed E-state index contributed by atoms with van der Waals surface area (Å²) >= 11 is 0. The van der Waals surface area contributed by atoms with Gasteiger partial charge in [-0.25, -0.2) is 0 Å². The zero-order valence-corrected chi connectivity index (χ0v) is 11.6. The molecule has 0 radical (unpaired) electrons. The van der Waals surface area contributed by atoms with E-state index in [0.717, 1.165) is 28.5 Å². The van der Waals surface area contributed by atoms with Crippen LogP contribution in [0.15, 0.2) is 66.9 Å². The molecule has 2 aromatic rings. The van der Waals surface area contributed by atoms with Crippen molar-refractivity contribution in [3.63, 3.8) is 0 Å². The van der Waals surface area contributed by atoms with Crippen LogP contribution in [-0.2, 0) is 0 Å². The lowest BCUT2D eigenvalue weighted by Gasteiger charge is -2.06. The van der Waals surface area contributed by atoms with Gasteiger partial charge in [0, 0.05) is 17.1 Å². The summed E-state index contributed by atoms with van der Waals surface area (Å²) in [6.07, 6.45) is 9.06. The minimum Gasteiger partial charge on any atom is -0.256 e. The van der Waals surface area contributed by atoms with Crippen LogP contribution < -0.4 is 0 Å². The Morgan fingerprint density at radius 2 is 2.00 bits per heavy atom. The van der Waals surface area contributed by atoms with E-state index in [1.165, 1.54) is 5.57 Å². The van der Waals surface area contributed by atoms with Crippen molar-refractivity contribution in [2.45, 2.75) is 20.3 Å². The Hall–Kier alpha value is -2.15. The SMILES string of the molecule is C=C/C(=C\C=C(\C)CC)c1cccc2cccnc12. The fourth-order valence-corrected chi connectivity index (χ4v) is 1.95. The van der Waals surface area contributed by atoms with E-state index in [-0.39, 0.29) is 0 Å². The topological polar surface area (TPSA) is 12.9 Å². The number of aromatic nitrogens is 1. The van der Waals surface area contributed by atoms with E-state index in [1.807, 2.05) is 18.3 Å². The monoisotopic (exact) mass is 249 g/mol. The Morgan fingerprint density at radius 1 is 1.21 bits per heavy atom. The zero-order valence-electron chi connectivity index (χ0n) is 11.6. The summed E-state index contributed by atoms with van der Waals surface area (Å²) in [4.78, 5) is 4.49. The largest absolute Gasteiger partial charge is 0.256 e. The third-order valence-corrected chi connectivity index (χ3v) is 3.27. The predicted octanol–water partition coefficient (Wildman–Crippen LogP) is 5.16. The molecule has 0 fully saturated rings. The van der Waals surface area contributed by atoms with Crippen molar-refractivity contribution in [1.29, 1.82) is 0 Å². The van der Waals surface area contributed by atoms with Gasteiger partial charge in [0.25, 0.3) is 0 Å². The second kappa shape index (κ2) is 6.14. The summed E-state index contributed by atoms with van der Waals surface area (Å²) in [6, 6.07) is 10.3. The molecule has 1 aromatic carbocycles. The summed E-state index contributed by atoms with van der Waals surface area (Å²) in [5.74, 6) is 0. The van der Waals surface area contributed by atoms with Crippen LogP contribution in [0, 0.1) is 0 Å². The number of allylic oxidation sites excluding steroid dienone is 5. The van der Waals surface area contributed by atoms with Crippen LogP contribution in [-0.4, -0.2) is 4.98 Å². The van der Waals surface area contributed by atoms with Crippen molar-refractivity contribution in [1.82, 2.24) is 4.98 Å². The van der Waals surface area contributed by atoms with Gasteiger partial charge >= 0.3 is 0 Å². The molecule has 1 nitrogen and oxygen atoms in total. The van der Waals surface area contributed by atoms with E-state index in [4.69, 9.17) is 0 Å². The normalized spacial score (nSPS) is 12.7. The van der Waals surface area contributed by atoms with Gasteiger partial charge in [-0.3, -0.25) is 4.98 Å². The van der Waals surface area contributed by atoms with Gasteiger partial charge in [-0.2, -0.15) is 0 Å². The van der Waals surface area contributed by atoms with Crippen molar-refractivity contribution in [2.75, 3.05) is 0 Å². The maximum Gasteiger partial charge on any atom is 0.0780 e. The summed E-state index contributed by atoms with van der Waals surface area (Å²) in [5.41, 5.74) is 4.62. The molecule has 1 heterocycles. The number of hydrogen-bond acceptors (Lipinski definition) is 1. The molecule has 0 aliphatic heterocycles. The quantitative estimate of drug-likeness (QED) is 0.682. The first kappa shape index (κ1) is 13.3. The third kappa shape index (κ3) is 3.00. The van der Waals surface area contributed by atoms with E-state index >= 15 is 0 Å². The molecule has 0 aliphatic carbocycles. The Bertz CT molecular complexity index is 642. The number of pyridine rings is 1. The second-order valence-electron chi connectivity index (χ2n) is 4.57. The molecule has 0 saturated carbocycles. The summed E-state index contributed by atoms with van der Waals surface area (Å²) in [6.45, 7) is 8.22. The Morgan fingerprint density at radius 3 is 2.74 bits per heavy atom. The zero-order chi connectivity index (χ0) is 13.7. The molecule has 1 heteroatoms. The lowest BCUT2D eigenvalue weighted by Crippen LogP contribution is -1.87. The minimum absolute atomic E-state index is 1.03. The fraction of sp³-hybridized carbons (Fsp3) is 0.167. The highest BCUT2D eigenvalue weighted by atomic mass is 14.6. The number of hydrogen-bond donors (Lipinski definition) is 0. The van der Waals surface area contributed by atoms with Crippen LogP contribution in [0.2, 0.25) is 0 Å². The average molecular weight is 249 g/mol. The van der Waals surface area contributed by atoms with Crippen LogP contribution in [0.3, 0.4) is 0 Å². The van der Waals surface area contributed by atoms with Crippen molar-refractivity contribution in [2.24, 2.45) is 0 Å². The Kier molecular flexibility index (Phi) is 4.30. The second-order valence-corrected chi connectivity index (χ2v) is 4.57. The van der Waals surface area contributed by atoms with Gasteiger partial charge in [-0.1, -0.05) is 61.6 Å². The number of fused-ring (bicyclic) bond motifs is 1.